The number of hydrogen-bond acceptors (Lipinski definition) is 1. The fourth-order valence-electron chi connectivity index (χ4n) is 1.46. The van der Waals surface area contributed by atoms with Crippen LogP contribution in [-0.2, 0) is 0 Å². The zero-order chi connectivity index (χ0) is 9.19. The lowest BCUT2D eigenvalue weighted by atomic mass is 9.81. The van der Waals surface area contributed by atoms with E-state index in [4.69, 9.17) is 5.11 Å². The Hall–Kier alpha value is -0.250. The van der Waals surface area contributed by atoms with Gasteiger partial charge in [-0.05, 0) is 12.3 Å². The van der Waals surface area contributed by atoms with Crippen LogP contribution in [0.1, 0.15) is 32.1 Å². The maximum Gasteiger partial charge on any atom is 0.391 e. The molecule has 0 bridgehead atoms. The molecule has 1 aliphatic rings. The van der Waals surface area contributed by atoms with Gasteiger partial charge in [-0.25, -0.2) is 0 Å². The highest BCUT2D eigenvalue weighted by molar-refractivity contribution is 4.74. The van der Waals surface area contributed by atoms with Crippen molar-refractivity contribution in [2.24, 2.45) is 5.92 Å². The number of aliphatic hydroxyl groups excluding tert-OH is 1. The molecule has 72 valence electrons. The third kappa shape index (κ3) is 3.43. The molecule has 0 radical (unpaired) electrons. The van der Waals surface area contributed by atoms with Gasteiger partial charge in [0.1, 0.15) is 0 Å². The fraction of sp³-hybridized carbons (Fsp3) is 1.00. The molecule has 1 unspecified atom stereocenters. The van der Waals surface area contributed by atoms with E-state index in [-0.39, 0.29) is 0 Å². The van der Waals surface area contributed by atoms with Crippen LogP contribution in [0.15, 0.2) is 0 Å². The Kier molecular flexibility index (Phi) is 2.99. The summed E-state index contributed by atoms with van der Waals surface area (Å²) in [6.45, 7) is 0. The highest BCUT2D eigenvalue weighted by Crippen LogP contribution is 2.33. The minimum absolute atomic E-state index is 0.319. The molecule has 0 spiro atoms. The normalized spacial score (nSPS) is 22.0. The lowest BCUT2D eigenvalue weighted by Gasteiger charge is -2.27. The highest BCUT2D eigenvalue weighted by atomic mass is 19.4. The van der Waals surface area contributed by atoms with Crippen molar-refractivity contribution in [3.63, 3.8) is 0 Å². The van der Waals surface area contributed by atoms with Crippen molar-refractivity contribution in [2.45, 2.75) is 44.4 Å². The molecular formula is C8H13F3O. The van der Waals surface area contributed by atoms with Gasteiger partial charge in [0.05, 0.1) is 12.5 Å². The first-order valence-corrected chi connectivity index (χ1v) is 4.22. The lowest BCUT2D eigenvalue weighted by Crippen LogP contribution is -2.24. The van der Waals surface area contributed by atoms with Crippen molar-refractivity contribution < 1.29 is 18.3 Å². The molecule has 0 saturated heterocycles. The summed E-state index contributed by atoms with van der Waals surface area (Å²) in [6.07, 6.45) is -3.07. The van der Waals surface area contributed by atoms with Gasteiger partial charge in [-0.3, -0.25) is 0 Å². The predicted octanol–water partition coefficient (Wildman–Crippen LogP) is 2.49. The summed E-state index contributed by atoms with van der Waals surface area (Å²) >= 11 is 0. The zero-order valence-corrected chi connectivity index (χ0v) is 6.77. The number of halogens is 3. The van der Waals surface area contributed by atoms with Gasteiger partial charge >= 0.3 is 6.18 Å². The van der Waals surface area contributed by atoms with Crippen LogP contribution in [0.3, 0.4) is 0 Å². The Morgan fingerprint density at radius 2 is 1.92 bits per heavy atom. The quantitative estimate of drug-likeness (QED) is 0.710. The zero-order valence-electron chi connectivity index (χ0n) is 6.77. The molecule has 1 atom stereocenters. The minimum Gasteiger partial charge on any atom is -0.393 e. The Morgan fingerprint density at radius 3 is 2.25 bits per heavy atom. The van der Waals surface area contributed by atoms with E-state index in [0.29, 0.717) is 12.3 Å². The molecule has 1 N–H and O–H groups in total. The van der Waals surface area contributed by atoms with Crippen LogP contribution in [0.4, 0.5) is 13.2 Å². The van der Waals surface area contributed by atoms with E-state index in [2.05, 4.69) is 0 Å². The average molecular weight is 182 g/mol. The molecule has 0 aliphatic heterocycles. The second-order valence-corrected chi connectivity index (χ2v) is 3.51. The van der Waals surface area contributed by atoms with Crippen molar-refractivity contribution in [1.82, 2.24) is 0 Å². The molecule has 4 heteroatoms. The van der Waals surface area contributed by atoms with Crippen LogP contribution < -0.4 is 0 Å². The molecule has 0 heterocycles. The molecule has 0 aromatic heterocycles. The Labute approximate surface area is 69.6 Å². The Bertz CT molecular complexity index is 140. The first-order valence-electron chi connectivity index (χ1n) is 4.22. The van der Waals surface area contributed by atoms with E-state index in [9.17, 15) is 13.2 Å². The third-order valence-corrected chi connectivity index (χ3v) is 2.30. The van der Waals surface area contributed by atoms with Gasteiger partial charge in [-0.15, -0.1) is 0 Å². The predicted molar refractivity (Wildman–Crippen MR) is 38.6 cm³/mol. The van der Waals surface area contributed by atoms with E-state index in [1.54, 1.807) is 0 Å². The lowest BCUT2D eigenvalue weighted by molar-refractivity contribution is -0.155. The van der Waals surface area contributed by atoms with Gasteiger partial charge in [0.25, 0.3) is 0 Å². The molecule has 1 saturated carbocycles. The molecule has 12 heavy (non-hydrogen) atoms. The fourth-order valence-corrected chi connectivity index (χ4v) is 1.46. The average Bonchev–Trinajstić information content (AvgIpc) is 1.74. The summed E-state index contributed by atoms with van der Waals surface area (Å²) in [5.74, 6) is 0.336. The smallest absolute Gasteiger partial charge is 0.391 e. The van der Waals surface area contributed by atoms with Gasteiger partial charge in [0, 0.05) is 0 Å². The molecule has 0 amide bonds. The molecule has 1 fully saturated rings. The summed E-state index contributed by atoms with van der Waals surface area (Å²) in [5, 5.41) is 9.00. The topological polar surface area (TPSA) is 20.2 Å². The molecule has 1 nitrogen and oxygen atoms in total. The van der Waals surface area contributed by atoms with E-state index in [1.807, 2.05) is 0 Å². The molecule has 0 aromatic rings. The maximum absolute atomic E-state index is 11.7. The van der Waals surface area contributed by atoms with Gasteiger partial charge in [-0.2, -0.15) is 13.2 Å². The van der Waals surface area contributed by atoms with Crippen molar-refractivity contribution >= 4 is 0 Å². The summed E-state index contributed by atoms with van der Waals surface area (Å²) in [5.41, 5.74) is 0. The monoisotopic (exact) mass is 182 g/mol. The van der Waals surface area contributed by atoms with Gasteiger partial charge in [0.15, 0.2) is 0 Å². The van der Waals surface area contributed by atoms with Crippen molar-refractivity contribution in [1.29, 1.82) is 0 Å². The van der Waals surface area contributed by atoms with Crippen LogP contribution in [0.25, 0.3) is 0 Å². The van der Waals surface area contributed by atoms with E-state index < -0.39 is 18.7 Å². The van der Waals surface area contributed by atoms with Gasteiger partial charge in [-0.1, -0.05) is 19.3 Å². The number of hydrogen-bond donors (Lipinski definition) is 1. The number of rotatable bonds is 3. The molecule has 1 aliphatic carbocycles. The Balaban J connectivity index is 2.14. The molecule has 0 aromatic carbocycles. The van der Waals surface area contributed by atoms with Gasteiger partial charge in [0.2, 0.25) is 0 Å². The SMILES string of the molecule is OC(CC1CCC1)CC(F)(F)F. The number of alkyl halides is 3. The molecule has 1 rings (SSSR count). The second-order valence-electron chi connectivity index (χ2n) is 3.51. The first kappa shape index (κ1) is 9.84. The standard InChI is InChI=1S/C8H13F3O/c9-8(10,11)5-7(12)4-6-2-1-3-6/h6-7,12H,1-5H2. The van der Waals surface area contributed by atoms with Crippen molar-refractivity contribution in [2.75, 3.05) is 0 Å². The van der Waals surface area contributed by atoms with Crippen LogP contribution in [0.2, 0.25) is 0 Å². The summed E-state index contributed by atoms with van der Waals surface area (Å²) in [6, 6.07) is 0. The van der Waals surface area contributed by atoms with Crippen LogP contribution >= 0.6 is 0 Å². The van der Waals surface area contributed by atoms with Gasteiger partial charge < -0.3 is 5.11 Å². The van der Waals surface area contributed by atoms with Crippen LogP contribution in [0.5, 0.6) is 0 Å². The maximum atomic E-state index is 11.7. The highest BCUT2D eigenvalue weighted by Gasteiger charge is 2.32. The van der Waals surface area contributed by atoms with E-state index in [0.717, 1.165) is 19.3 Å². The molecular weight excluding hydrogens is 169 g/mol. The van der Waals surface area contributed by atoms with Crippen molar-refractivity contribution in [3.05, 3.63) is 0 Å². The van der Waals surface area contributed by atoms with Crippen LogP contribution in [-0.4, -0.2) is 17.4 Å². The largest absolute Gasteiger partial charge is 0.393 e. The van der Waals surface area contributed by atoms with E-state index >= 15 is 0 Å². The number of aliphatic hydroxyl groups is 1. The van der Waals surface area contributed by atoms with Crippen LogP contribution in [0, 0.1) is 5.92 Å². The summed E-state index contributed by atoms with van der Waals surface area (Å²) in [4.78, 5) is 0. The summed E-state index contributed by atoms with van der Waals surface area (Å²) < 4.78 is 35.2. The van der Waals surface area contributed by atoms with E-state index in [1.165, 1.54) is 0 Å². The second kappa shape index (κ2) is 3.64. The summed E-state index contributed by atoms with van der Waals surface area (Å²) in [7, 11) is 0. The minimum atomic E-state index is -4.22. The Morgan fingerprint density at radius 1 is 1.33 bits per heavy atom. The third-order valence-electron chi connectivity index (χ3n) is 2.30. The van der Waals surface area contributed by atoms with Crippen molar-refractivity contribution in [3.8, 4) is 0 Å². The first-order chi connectivity index (χ1) is 5.47.